The summed E-state index contributed by atoms with van der Waals surface area (Å²) < 4.78 is 18.1. The van der Waals surface area contributed by atoms with Crippen LogP contribution in [0.25, 0.3) is 0 Å². The minimum absolute atomic E-state index is 0.0874. The highest BCUT2D eigenvalue weighted by Gasteiger charge is 2.25. The Bertz CT molecular complexity index is 632. The van der Waals surface area contributed by atoms with E-state index in [0.29, 0.717) is 23.6 Å². The predicted octanol–water partition coefficient (Wildman–Crippen LogP) is 3.52. The maximum Gasteiger partial charge on any atom is 0.259 e. The molecule has 0 unspecified atom stereocenters. The van der Waals surface area contributed by atoms with Gasteiger partial charge in [0, 0.05) is 19.5 Å². The Labute approximate surface area is 123 Å². The number of amides is 1. The first-order valence-corrected chi connectivity index (χ1v) is 6.86. The van der Waals surface area contributed by atoms with Crippen LogP contribution >= 0.6 is 0 Å². The number of aromatic nitrogens is 1. The highest BCUT2D eigenvalue weighted by molar-refractivity contribution is 5.96. The first-order chi connectivity index (χ1) is 9.90. The average molecular weight is 290 g/mol. The molecule has 21 heavy (non-hydrogen) atoms. The number of halogens is 1. The molecular weight excluding hydrogens is 271 g/mol. The van der Waals surface area contributed by atoms with E-state index in [2.05, 4.69) is 5.16 Å². The lowest BCUT2D eigenvalue weighted by molar-refractivity contribution is 0.0781. The summed E-state index contributed by atoms with van der Waals surface area (Å²) in [4.78, 5) is 14.2. The van der Waals surface area contributed by atoms with Crippen molar-refractivity contribution >= 4 is 5.91 Å². The lowest BCUT2D eigenvalue weighted by atomic mass is 10.0. The standard InChI is InChI=1S/C16H19FN2O2/c1-10(2)15-14(11(3)18-21-15)16(20)19(4)9-12-5-7-13(17)8-6-12/h5-8,10H,9H2,1-4H3. The molecule has 112 valence electrons. The van der Waals surface area contributed by atoms with E-state index in [1.54, 1.807) is 31.0 Å². The van der Waals surface area contributed by atoms with Gasteiger partial charge in [-0.1, -0.05) is 31.1 Å². The van der Waals surface area contributed by atoms with E-state index < -0.39 is 0 Å². The summed E-state index contributed by atoms with van der Waals surface area (Å²) in [6, 6.07) is 6.11. The first-order valence-electron chi connectivity index (χ1n) is 6.86. The number of aryl methyl sites for hydroxylation is 1. The molecule has 2 aromatic rings. The van der Waals surface area contributed by atoms with Crippen molar-refractivity contribution in [2.24, 2.45) is 0 Å². The third-order valence-electron chi connectivity index (χ3n) is 3.31. The molecule has 1 amide bonds. The summed E-state index contributed by atoms with van der Waals surface area (Å²) in [6.45, 7) is 6.07. The molecule has 0 saturated carbocycles. The Kier molecular flexibility index (Phi) is 4.40. The Morgan fingerprint density at radius 2 is 1.95 bits per heavy atom. The lowest BCUT2D eigenvalue weighted by Gasteiger charge is -2.18. The van der Waals surface area contributed by atoms with Crippen molar-refractivity contribution in [3.8, 4) is 0 Å². The van der Waals surface area contributed by atoms with Gasteiger partial charge in [-0.25, -0.2) is 4.39 Å². The fourth-order valence-corrected chi connectivity index (χ4v) is 2.17. The van der Waals surface area contributed by atoms with Crippen molar-refractivity contribution in [1.82, 2.24) is 10.1 Å². The van der Waals surface area contributed by atoms with Crippen LogP contribution < -0.4 is 0 Å². The van der Waals surface area contributed by atoms with Crippen molar-refractivity contribution in [1.29, 1.82) is 0 Å². The third-order valence-corrected chi connectivity index (χ3v) is 3.31. The predicted molar refractivity (Wildman–Crippen MR) is 77.5 cm³/mol. The van der Waals surface area contributed by atoms with Crippen LogP contribution in [-0.2, 0) is 6.54 Å². The molecule has 0 saturated heterocycles. The number of benzene rings is 1. The summed E-state index contributed by atoms with van der Waals surface area (Å²) in [7, 11) is 1.71. The van der Waals surface area contributed by atoms with E-state index in [9.17, 15) is 9.18 Å². The van der Waals surface area contributed by atoms with Crippen LogP contribution in [0.3, 0.4) is 0 Å². The molecule has 5 heteroatoms. The van der Waals surface area contributed by atoms with Crippen LogP contribution in [0.2, 0.25) is 0 Å². The zero-order chi connectivity index (χ0) is 15.6. The molecule has 0 N–H and O–H groups in total. The van der Waals surface area contributed by atoms with Crippen LogP contribution in [0, 0.1) is 12.7 Å². The quantitative estimate of drug-likeness (QED) is 0.865. The lowest BCUT2D eigenvalue weighted by Crippen LogP contribution is -2.27. The largest absolute Gasteiger partial charge is 0.360 e. The number of carbonyl (C=O) groups excluding carboxylic acids is 1. The average Bonchev–Trinajstić information content (AvgIpc) is 2.82. The van der Waals surface area contributed by atoms with Crippen LogP contribution in [0.5, 0.6) is 0 Å². The minimum Gasteiger partial charge on any atom is -0.360 e. The van der Waals surface area contributed by atoms with Crippen LogP contribution in [0.1, 0.15) is 47.1 Å². The van der Waals surface area contributed by atoms with Gasteiger partial charge in [-0.2, -0.15) is 0 Å². The number of hydrogen-bond acceptors (Lipinski definition) is 3. The zero-order valence-electron chi connectivity index (χ0n) is 12.7. The van der Waals surface area contributed by atoms with Gasteiger partial charge in [0.15, 0.2) is 5.76 Å². The molecule has 0 fully saturated rings. The smallest absolute Gasteiger partial charge is 0.259 e. The highest BCUT2D eigenvalue weighted by atomic mass is 19.1. The molecule has 0 atom stereocenters. The Morgan fingerprint density at radius 1 is 1.33 bits per heavy atom. The SMILES string of the molecule is Cc1noc(C(C)C)c1C(=O)N(C)Cc1ccc(F)cc1. The molecule has 4 nitrogen and oxygen atoms in total. The monoisotopic (exact) mass is 290 g/mol. The molecule has 1 aromatic carbocycles. The zero-order valence-corrected chi connectivity index (χ0v) is 12.7. The van der Waals surface area contributed by atoms with Gasteiger partial charge in [0.25, 0.3) is 5.91 Å². The molecule has 0 spiro atoms. The van der Waals surface area contributed by atoms with Crippen LogP contribution in [-0.4, -0.2) is 23.0 Å². The van der Waals surface area contributed by atoms with E-state index in [1.807, 2.05) is 13.8 Å². The molecule has 0 aliphatic heterocycles. The molecule has 0 aliphatic carbocycles. The topological polar surface area (TPSA) is 46.3 Å². The Balaban J connectivity index is 2.19. The molecule has 0 radical (unpaired) electrons. The fraction of sp³-hybridized carbons (Fsp3) is 0.375. The van der Waals surface area contributed by atoms with E-state index in [0.717, 1.165) is 5.56 Å². The van der Waals surface area contributed by atoms with Gasteiger partial charge in [-0.05, 0) is 24.6 Å². The maximum absolute atomic E-state index is 12.9. The second-order valence-electron chi connectivity index (χ2n) is 5.45. The van der Waals surface area contributed by atoms with Gasteiger partial charge >= 0.3 is 0 Å². The van der Waals surface area contributed by atoms with Gasteiger partial charge in [-0.15, -0.1) is 0 Å². The minimum atomic E-state index is -0.287. The Morgan fingerprint density at radius 3 is 2.52 bits per heavy atom. The van der Waals surface area contributed by atoms with E-state index >= 15 is 0 Å². The number of hydrogen-bond donors (Lipinski definition) is 0. The molecule has 0 bridgehead atoms. The summed E-state index contributed by atoms with van der Waals surface area (Å²) in [5.41, 5.74) is 1.98. The number of carbonyl (C=O) groups is 1. The summed E-state index contributed by atoms with van der Waals surface area (Å²) in [5, 5.41) is 3.89. The highest BCUT2D eigenvalue weighted by Crippen LogP contribution is 2.23. The van der Waals surface area contributed by atoms with Crippen molar-refractivity contribution in [3.05, 3.63) is 52.7 Å². The van der Waals surface area contributed by atoms with Gasteiger partial charge in [0.05, 0.1) is 5.69 Å². The van der Waals surface area contributed by atoms with E-state index in [1.165, 1.54) is 12.1 Å². The van der Waals surface area contributed by atoms with Crippen LogP contribution in [0.4, 0.5) is 4.39 Å². The van der Waals surface area contributed by atoms with Gasteiger partial charge in [0.2, 0.25) is 0 Å². The second kappa shape index (κ2) is 6.08. The van der Waals surface area contributed by atoms with Crippen molar-refractivity contribution in [2.45, 2.75) is 33.2 Å². The fourth-order valence-electron chi connectivity index (χ4n) is 2.17. The normalized spacial score (nSPS) is 11.0. The second-order valence-corrected chi connectivity index (χ2v) is 5.45. The first kappa shape index (κ1) is 15.2. The van der Waals surface area contributed by atoms with Crippen molar-refractivity contribution in [2.75, 3.05) is 7.05 Å². The van der Waals surface area contributed by atoms with Crippen molar-refractivity contribution < 1.29 is 13.7 Å². The van der Waals surface area contributed by atoms with Gasteiger partial charge < -0.3 is 9.42 Å². The number of nitrogens with zero attached hydrogens (tertiary/aromatic N) is 2. The summed E-state index contributed by atoms with van der Waals surface area (Å²) in [6.07, 6.45) is 0. The molecular formula is C16H19FN2O2. The van der Waals surface area contributed by atoms with Gasteiger partial charge in [0.1, 0.15) is 11.4 Å². The van der Waals surface area contributed by atoms with E-state index in [4.69, 9.17) is 4.52 Å². The Hall–Kier alpha value is -2.17. The molecule has 1 heterocycles. The molecule has 0 aliphatic rings. The number of rotatable bonds is 4. The maximum atomic E-state index is 12.9. The molecule has 1 aromatic heterocycles. The van der Waals surface area contributed by atoms with Crippen LogP contribution in [0.15, 0.2) is 28.8 Å². The third kappa shape index (κ3) is 3.29. The van der Waals surface area contributed by atoms with E-state index in [-0.39, 0.29) is 17.6 Å². The molecule has 2 rings (SSSR count). The van der Waals surface area contributed by atoms with Gasteiger partial charge in [-0.3, -0.25) is 4.79 Å². The summed E-state index contributed by atoms with van der Waals surface area (Å²) in [5.74, 6) is 0.263. The summed E-state index contributed by atoms with van der Waals surface area (Å²) >= 11 is 0. The van der Waals surface area contributed by atoms with Crippen molar-refractivity contribution in [3.63, 3.8) is 0 Å².